The first-order valence-electron chi connectivity index (χ1n) is 4.62. The molecule has 0 fully saturated rings. The number of likely N-dealkylation sites (N-methyl/N-ethyl adjacent to an activating group) is 1. The summed E-state index contributed by atoms with van der Waals surface area (Å²) < 4.78 is 10.2. The Balaban J connectivity index is 0.00000225. The molecule has 0 aliphatic heterocycles. The van der Waals surface area contributed by atoms with Gasteiger partial charge in [-0.1, -0.05) is 0 Å². The van der Waals surface area contributed by atoms with Crippen molar-refractivity contribution in [3.05, 3.63) is 23.8 Å². The quantitative estimate of drug-likeness (QED) is 0.838. The number of nitrogens with one attached hydrogen (secondary N) is 1. The van der Waals surface area contributed by atoms with Gasteiger partial charge >= 0.3 is 0 Å². The molecule has 1 aromatic rings. The molecule has 16 heavy (non-hydrogen) atoms. The van der Waals surface area contributed by atoms with Crippen LogP contribution in [0.25, 0.3) is 0 Å². The van der Waals surface area contributed by atoms with Crippen LogP contribution in [0.4, 0.5) is 0 Å². The molecule has 1 N–H and O–H groups in total. The maximum absolute atomic E-state index is 11.6. The summed E-state index contributed by atoms with van der Waals surface area (Å²) in [5, 5.41) is 2.81. The van der Waals surface area contributed by atoms with Crippen molar-refractivity contribution in [2.24, 2.45) is 0 Å². The van der Waals surface area contributed by atoms with E-state index in [-0.39, 0.29) is 22.8 Å². The molecule has 4 nitrogen and oxygen atoms in total. The van der Waals surface area contributed by atoms with E-state index in [1.54, 1.807) is 39.5 Å². The SMILES string of the molecule is Br.CNCC(=O)c1ccc(OC)c(OC)c1. The lowest BCUT2D eigenvalue weighted by Crippen LogP contribution is -2.18. The molecule has 0 heterocycles. The first-order chi connectivity index (χ1) is 7.22. The largest absolute Gasteiger partial charge is 0.493 e. The Bertz CT molecular complexity index is 355. The highest BCUT2D eigenvalue weighted by molar-refractivity contribution is 8.93. The monoisotopic (exact) mass is 289 g/mol. The van der Waals surface area contributed by atoms with E-state index in [0.29, 0.717) is 23.6 Å². The number of carbonyl (C=O) groups is 1. The van der Waals surface area contributed by atoms with Crippen LogP contribution in [-0.4, -0.2) is 33.6 Å². The molecule has 0 bridgehead atoms. The molecule has 0 atom stereocenters. The van der Waals surface area contributed by atoms with Gasteiger partial charge in [0.05, 0.1) is 20.8 Å². The fourth-order valence-corrected chi connectivity index (χ4v) is 1.27. The van der Waals surface area contributed by atoms with Gasteiger partial charge < -0.3 is 14.8 Å². The number of hydrogen-bond donors (Lipinski definition) is 1. The standard InChI is InChI=1S/C11H15NO3.BrH/c1-12-7-9(13)8-4-5-10(14-2)11(6-8)15-3;/h4-6,12H,7H2,1-3H3;1H. The first-order valence-corrected chi connectivity index (χ1v) is 4.62. The Labute approximate surface area is 106 Å². The molecule has 0 radical (unpaired) electrons. The van der Waals surface area contributed by atoms with Crippen LogP contribution in [0.2, 0.25) is 0 Å². The number of halogens is 1. The van der Waals surface area contributed by atoms with Crippen molar-refractivity contribution >= 4 is 22.8 Å². The minimum atomic E-state index is 0. The summed E-state index contributed by atoms with van der Waals surface area (Å²) in [5.41, 5.74) is 0.613. The van der Waals surface area contributed by atoms with E-state index in [1.165, 1.54) is 0 Å². The highest BCUT2D eigenvalue weighted by atomic mass is 79.9. The third-order valence-electron chi connectivity index (χ3n) is 2.04. The van der Waals surface area contributed by atoms with Crippen LogP contribution in [0.1, 0.15) is 10.4 Å². The van der Waals surface area contributed by atoms with Crippen LogP contribution in [0, 0.1) is 0 Å². The normalized spacial score (nSPS) is 9.19. The number of benzene rings is 1. The Kier molecular flexibility index (Phi) is 6.76. The second-order valence-electron chi connectivity index (χ2n) is 3.02. The maximum Gasteiger partial charge on any atom is 0.176 e. The molecule has 0 unspecified atom stereocenters. The van der Waals surface area contributed by atoms with E-state index in [9.17, 15) is 4.79 Å². The fraction of sp³-hybridized carbons (Fsp3) is 0.364. The number of rotatable bonds is 5. The third-order valence-corrected chi connectivity index (χ3v) is 2.04. The lowest BCUT2D eigenvalue weighted by atomic mass is 10.1. The lowest BCUT2D eigenvalue weighted by molar-refractivity contribution is 0.0993. The van der Waals surface area contributed by atoms with Crippen LogP contribution in [-0.2, 0) is 0 Å². The van der Waals surface area contributed by atoms with Gasteiger partial charge in [-0.15, -0.1) is 17.0 Å². The van der Waals surface area contributed by atoms with Crippen LogP contribution in [0.5, 0.6) is 11.5 Å². The molecule has 0 aliphatic rings. The van der Waals surface area contributed by atoms with Gasteiger partial charge in [0, 0.05) is 5.56 Å². The Hall–Kier alpha value is -1.07. The Morgan fingerprint density at radius 2 is 1.88 bits per heavy atom. The van der Waals surface area contributed by atoms with Crippen molar-refractivity contribution in [3.63, 3.8) is 0 Å². The van der Waals surface area contributed by atoms with Crippen LogP contribution in [0.3, 0.4) is 0 Å². The van der Waals surface area contributed by atoms with Gasteiger partial charge in [-0.25, -0.2) is 0 Å². The number of ether oxygens (including phenoxy) is 2. The highest BCUT2D eigenvalue weighted by Crippen LogP contribution is 2.27. The maximum atomic E-state index is 11.6. The molecule has 5 heteroatoms. The Morgan fingerprint density at radius 3 is 2.38 bits per heavy atom. The minimum absolute atomic E-state index is 0. The number of Topliss-reactive ketones (excluding diaryl/α,β-unsaturated/α-hetero) is 1. The number of carbonyl (C=O) groups excluding carboxylic acids is 1. The molecule has 0 aromatic heterocycles. The summed E-state index contributed by atoms with van der Waals surface area (Å²) in [6, 6.07) is 5.13. The summed E-state index contributed by atoms with van der Waals surface area (Å²) in [4.78, 5) is 11.6. The molecule has 1 rings (SSSR count). The van der Waals surface area contributed by atoms with Crippen molar-refractivity contribution in [3.8, 4) is 11.5 Å². The fourth-order valence-electron chi connectivity index (χ4n) is 1.27. The third kappa shape index (κ3) is 3.50. The van der Waals surface area contributed by atoms with Gasteiger partial charge in [0.1, 0.15) is 0 Å². The van der Waals surface area contributed by atoms with Crippen molar-refractivity contribution in [1.29, 1.82) is 0 Å². The molecule has 0 aliphatic carbocycles. The number of ketones is 1. The van der Waals surface area contributed by atoms with Gasteiger partial charge in [-0.3, -0.25) is 4.79 Å². The van der Waals surface area contributed by atoms with Crippen molar-refractivity contribution < 1.29 is 14.3 Å². The molecule has 90 valence electrons. The van der Waals surface area contributed by atoms with Crippen LogP contribution in [0.15, 0.2) is 18.2 Å². The van der Waals surface area contributed by atoms with Gasteiger partial charge in [-0.2, -0.15) is 0 Å². The summed E-state index contributed by atoms with van der Waals surface area (Å²) >= 11 is 0. The smallest absolute Gasteiger partial charge is 0.176 e. The second-order valence-corrected chi connectivity index (χ2v) is 3.02. The zero-order chi connectivity index (χ0) is 11.3. The second kappa shape index (κ2) is 7.24. The van der Waals surface area contributed by atoms with E-state index in [0.717, 1.165) is 0 Å². The predicted octanol–water partition coefficient (Wildman–Crippen LogP) is 1.68. The average Bonchev–Trinajstić information content (AvgIpc) is 2.28. The van der Waals surface area contributed by atoms with Crippen molar-refractivity contribution in [2.45, 2.75) is 0 Å². The van der Waals surface area contributed by atoms with Crippen LogP contribution >= 0.6 is 17.0 Å². The lowest BCUT2D eigenvalue weighted by Gasteiger charge is -2.08. The van der Waals surface area contributed by atoms with Gasteiger partial charge in [0.2, 0.25) is 0 Å². The zero-order valence-electron chi connectivity index (χ0n) is 9.57. The summed E-state index contributed by atoms with van der Waals surface area (Å²) in [6.07, 6.45) is 0. The van der Waals surface area contributed by atoms with E-state index in [2.05, 4.69) is 5.32 Å². The highest BCUT2D eigenvalue weighted by Gasteiger charge is 2.09. The molecular formula is C11H16BrNO3. The molecule has 0 saturated carbocycles. The summed E-state index contributed by atoms with van der Waals surface area (Å²) in [7, 11) is 4.84. The predicted molar refractivity (Wildman–Crippen MR) is 68.1 cm³/mol. The molecule has 1 aromatic carbocycles. The summed E-state index contributed by atoms with van der Waals surface area (Å²) in [6.45, 7) is 0.315. The van der Waals surface area contributed by atoms with E-state index < -0.39 is 0 Å². The van der Waals surface area contributed by atoms with Crippen LogP contribution < -0.4 is 14.8 Å². The molecular weight excluding hydrogens is 274 g/mol. The van der Waals surface area contributed by atoms with Gasteiger partial charge in [0.25, 0.3) is 0 Å². The minimum Gasteiger partial charge on any atom is -0.493 e. The van der Waals surface area contributed by atoms with Gasteiger partial charge in [0.15, 0.2) is 17.3 Å². The first kappa shape index (κ1) is 14.9. The number of methoxy groups -OCH3 is 2. The molecule has 0 spiro atoms. The van der Waals surface area contributed by atoms with E-state index >= 15 is 0 Å². The van der Waals surface area contributed by atoms with Crippen molar-refractivity contribution in [2.75, 3.05) is 27.8 Å². The van der Waals surface area contributed by atoms with Gasteiger partial charge in [-0.05, 0) is 25.2 Å². The average molecular weight is 290 g/mol. The topological polar surface area (TPSA) is 47.6 Å². The van der Waals surface area contributed by atoms with E-state index in [4.69, 9.17) is 9.47 Å². The Morgan fingerprint density at radius 1 is 1.25 bits per heavy atom. The van der Waals surface area contributed by atoms with E-state index in [1.807, 2.05) is 0 Å². The van der Waals surface area contributed by atoms with Crippen molar-refractivity contribution in [1.82, 2.24) is 5.32 Å². The zero-order valence-corrected chi connectivity index (χ0v) is 11.3. The summed E-state index contributed by atoms with van der Waals surface area (Å²) in [5.74, 6) is 1.22. The number of hydrogen-bond acceptors (Lipinski definition) is 4. The molecule has 0 amide bonds. The molecule has 0 saturated heterocycles.